The lowest BCUT2D eigenvalue weighted by molar-refractivity contribution is -0.118. The van der Waals surface area contributed by atoms with Crippen LogP contribution in [0, 0.1) is 0 Å². The summed E-state index contributed by atoms with van der Waals surface area (Å²) in [6, 6.07) is 25.8. The number of anilines is 3. The van der Waals surface area contributed by atoms with Gasteiger partial charge in [-0.1, -0.05) is 0 Å². The number of nitrogens with zero attached hydrogens (tertiary/aromatic N) is 3. The van der Waals surface area contributed by atoms with Crippen LogP contribution in [0.4, 0.5) is 17.1 Å². The van der Waals surface area contributed by atoms with Crippen LogP contribution >= 0.6 is 11.8 Å². The minimum atomic E-state index is -0.195. The number of carbonyl (C=O) groups excluding carboxylic acids is 2. The first-order chi connectivity index (χ1) is 22.1. The maximum Gasteiger partial charge on any atom is 0.262 e. The second kappa shape index (κ2) is 11.6. The Kier molecular flexibility index (Phi) is 7.18. The van der Waals surface area contributed by atoms with Gasteiger partial charge in [-0.05, 0) is 116 Å². The van der Waals surface area contributed by atoms with E-state index in [2.05, 4.69) is 33.4 Å². The number of amides is 2. The molecule has 0 radical (unpaired) electrons. The van der Waals surface area contributed by atoms with E-state index in [9.17, 15) is 9.59 Å². The van der Waals surface area contributed by atoms with E-state index < -0.39 is 0 Å². The fraction of sp³-hybridized carbons (Fsp3) is 0.250. The number of aromatic amines is 1. The zero-order chi connectivity index (χ0) is 30.3. The molecule has 1 saturated heterocycles. The van der Waals surface area contributed by atoms with Crippen LogP contribution in [0.15, 0.2) is 83.8 Å². The number of nitrogens with one attached hydrogen (secondary N) is 2. The number of aromatic nitrogens is 2. The van der Waals surface area contributed by atoms with Crippen molar-refractivity contribution in [1.82, 2.24) is 9.97 Å². The van der Waals surface area contributed by atoms with Crippen LogP contribution in [0.25, 0.3) is 22.4 Å². The Labute approximate surface area is 265 Å². The van der Waals surface area contributed by atoms with Crippen molar-refractivity contribution in [3.63, 3.8) is 0 Å². The summed E-state index contributed by atoms with van der Waals surface area (Å²) in [5, 5.41) is 2.93. The van der Waals surface area contributed by atoms with E-state index in [4.69, 9.17) is 9.72 Å². The smallest absolute Gasteiger partial charge is 0.262 e. The lowest BCUT2D eigenvalue weighted by Gasteiger charge is -2.29. The molecule has 5 aromatic rings. The van der Waals surface area contributed by atoms with Gasteiger partial charge in [0.2, 0.25) is 0 Å². The summed E-state index contributed by atoms with van der Waals surface area (Å²) in [5.41, 5.74) is 8.58. The minimum absolute atomic E-state index is 0.0287. The minimum Gasteiger partial charge on any atom is -0.484 e. The number of aryl methyl sites for hydroxylation is 1. The molecule has 45 heavy (non-hydrogen) atoms. The quantitative estimate of drug-likeness (QED) is 0.204. The Balaban J connectivity index is 0.921. The lowest BCUT2D eigenvalue weighted by atomic mass is 10.1. The summed E-state index contributed by atoms with van der Waals surface area (Å²) in [4.78, 5) is 39.6. The zero-order valence-corrected chi connectivity index (χ0v) is 25.7. The van der Waals surface area contributed by atoms with Crippen molar-refractivity contribution in [3.8, 4) is 17.1 Å². The van der Waals surface area contributed by atoms with Crippen molar-refractivity contribution < 1.29 is 14.3 Å². The number of rotatable bonds is 7. The SMILES string of the molecule is O=C(COc1ccc(-c2nc3cc(N4Cc5cc(N6CCCCC6)ccc5C4=O)ccc3[nH]2)cc1)Nc1ccc2c(c1)CCS2. The van der Waals surface area contributed by atoms with Gasteiger partial charge in [-0.25, -0.2) is 4.98 Å². The third kappa shape index (κ3) is 5.53. The van der Waals surface area contributed by atoms with Gasteiger partial charge in [-0.3, -0.25) is 9.59 Å². The second-order valence-electron chi connectivity index (χ2n) is 11.8. The van der Waals surface area contributed by atoms with Gasteiger partial charge in [0.25, 0.3) is 11.8 Å². The van der Waals surface area contributed by atoms with Crippen LogP contribution in [0.1, 0.15) is 40.7 Å². The molecule has 0 bridgehead atoms. The summed E-state index contributed by atoms with van der Waals surface area (Å²) in [6.45, 7) is 2.65. The largest absolute Gasteiger partial charge is 0.484 e. The molecule has 0 atom stereocenters. The molecule has 8 nitrogen and oxygen atoms in total. The van der Waals surface area contributed by atoms with Gasteiger partial charge in [-0.15, -0.1) is 11.8 Å². The second-order valence-corrected chi connectivity index (χ2v) is 13.0. The van der Waals surface area contributed by atoms with Gasteiger partial charge in [0.05, 0.1) is 17.6 Å². The molecule has 1 aromatic heterocycles. The number of ether oxygens (including phenoxy) is 1. The van der Waals surface area contributed by atoms with E-state index >= 15 is 0 Å². The van der Waals surface area contributed by atoms with E-state index in [1.54, 1.807) is 0 Å². The first-order valence-electron chi connectivity index (χ1n) is 15.6. The number of hydrogen-bond acceptors (Lipinski definition) is 6. The molecule has 9 heteroatoms. The predicted octanol–water partition coefficient (Wildman–Crippen LogP) is 7.05. The highest BCUT2D eigenvalue weighted by Crippen LogP contribution is 2.35. The third-order valence-corrected chi connectivity index (χ3v) is 9.98. The summed E-state index contributed by atoms with van der Waals surface area (Å²) >= 11 is 1.85. The summed E-state index contributed by atoms with van der Waals surface area (Å²) in [7, 11) is 0. The number of carbonyl (C=O) groups is 2. The van der Waals surface area contributed by atoms with Crippen LogP contribution in [0.5, 0.6) is 5.75 Å². The van der Waals surface area contributed by atoms with E-state index in [1.165, 1.54) is 35.4 Å². The molecule has 4 heterocycles. The molecule has 226 valence electrons. The summed E-state index contributed by atoms with van der Waals surface area (Å²) in [6.07, 6.45) is 4.77. The highest BCUT2D eigenvalue weighted by Gasteiger charge is 2.29. The van der Waals surface area contributed by atoms with Crippen LogP contribution in [0.3, 0.4) is 0 Å². The normalized spacial score (nSPS) is 15.8. The predicted molar refractivity (Wildman–Crippen MR) is 180 cm³/mol. The van der Waals surface area contributed by atoms with Gasteiger partial charge < -0.3 is 24.8 Å². The number of imidazole rings is 1. The number of thioether (sulfide) groups is 1. The Hall–Kier alpha value is -4.76. The monoisotopic (exact) mass is 615 g/mol. The maximum absolute atomic E-state index is 13.4. The van der Waals surface area contributed by atoms with Crippen LogP contribution in [-0.4, -0.2) is 47.2 Å². The maximum atomic E-state index is 13.4. The molecule has 3 aliphatic rings. The highest BCUT2D eigenvalue weighted by molar-refractivity contribution is 7.99. The topological polar surface area (TPSA) is 90.6 Å². The molecule has 2 amide bonds. The van der Waals surface area contributed by atoms with Gasteiger partial charge in [0.1, 0.15) is 11.6 Å². The summed E-state index contributed by atoms with van der Waals surface area (Å²) < 4.78 is 5.75. The molecule has 0 saturated carbocycles. The van der Waals surface area contributed by atoms with Crippen LogP contribution in [-0.2, 0) is 17.8 Å². The van der Waals surface area contributed by atoms with Gasteiger partial charge in [-0.2, -0.15) is 0 Å². The molecule has 1 fully saturated rings. The molecule has 3 aliphatic heterocycles. The Morgan fingerprint density at radius 3 is 2.62 bits per heavy atom. The average molecular weight is 616 g/mol. The van der Waals surface area contributed by atoms with Gasteiger partial charge in [0.15, 0.2) is 6.61 Å². The highest BCUT2D eigenvalue weighted by atomic mass is 32.2. The van der Waals surface area contributed by atoms with Crippen LogP contribution in [0.2, 0.25) is 0 Å². The third-order valence-electron chi connectivity index (χ3n) is 8.86. The molecule has 0 unspecified atom stereocenters. The molecular weight excluding hydrogens is 582 g/mol. The van der Waals surface area contributed by atoms with Crippen molar-refractivity contribution >= 4 is 51.7 Å². The number of piperidine rings is 1. The average Bonchev–Trinajstić information content (AvgIpc) is 3.81. The van der Waals surface area contributed by atoms with E-state index in [0.717, 1.165) is 70.2 Å². The molecule has 8 rings (SSSR count). The molecule has 0 aliphatic carbocycles. The standard InChI is InChI=1S/C36H33N5O3S/c42-34(37-26-6-13-33-24(18-26)14-17-45-33)22-44-29-9-4-23(5-10-29)35-38-31-12-8-28(20-32(31)39-35)41-21-25-19-27(7-11-30(25)36(41)43)40-15-2-1-3-16-40/h4-13,18-20H,1-3,14-17,21-22H2,(H,37,42)(H,38,39). The van der Waals surface area contributed by atoms with E-state index in [-0.39, 0.29) is 18.4 Å². The Morgan fingerprint density at radius 2 is 1.76 bits per heavy atom. The fourth-order valence-corrected chi connectivity index (χ4v) is 7.54. The van der Waals surface area contributed by atoms with Crippen molar-refractivity contribution in [2.45, 2.75) is 37.1 Å². The Bertz CT molecular complexity index is 1930. The van der Waals surface area contributed by atoms with Gasteiger partial charge in [0, 0.05) is 51.9 Å². The molecule has 4 aromatic carbocycles. The number of hydrogen-bond donors (Lipinski definition) is 2. The van der Waals surface area contributed by atoms with Crippen molar-refractivity contribution in [1.29, 1.82) is 0 Å². The van der Waals surface area contributed by atoms with E-state index in [1.807, 2.05) is 77.3 Å². The Morgan fingerprint density at radius 1 is 0.911 bits per heavy atom. The zero-order valence-electron chi connectivity index (χ0n) is 24.8. The number of H-pyrrole nitrogens is 1. The molecular formula is C36H33N5O3S. The van der Waals surface area contributed by atoms with Gasteiger partial charge >= 0.3 is 0 Å². The number of benzene rings is 4. The summed E-state index contributed by atoms with van der Waals surface area (Å²) in [5.74, 6) is 2.26. The lowest BCUT2D eigenvalue weighted by Crippen LogP contribution is -2.29. The van der Waals surface area contributed by atoms with Crippen molar-refractivity contribution in [2.24, 2.45) is 0 Å². The number of fused-ring (bicyclic) bond motifs is 3. The molecule has 2 N–H and O–H groups in total. The van der Waals surface area contributed by atoms with Crippen molar-refractivity contribution in [3.05, 3.63) is 95.6 Å². The van der Waals surface area contributed by atoms with Crippen molar-refractivity contribution in [2.75, 3.05) is 40.6 Å². The van der Waals surface area contributed by atoms with E-state index in [0.29, 0.717) is 12.3 Å². The van der Waals surface area contributed by atoms with Crippen LogP contribution < -0.4 is 19.9 Å². The fourth-order valence-electron chi connectivity index (χ4n) is 6.48. The first kappa shape index (κ1) is 27.8. The first-order valence-corrected chi connectivity index (χ1v) is 16.5. The molecule has 0 spiro atoms.